The summed E-state index contributed by atoms with van der Waals surface area (Å²) in [4.78, 5) is 28.1. The van der Waals surface area contributed by atoms with E-state index in [0.29, 0.717) is 15.8 Å². The summed E-state index contributed by atoms with van der Waals surface area (Å²) in [6.45, 7) is 6.44. The fourth-order valence-electron chi connectivity index (χ4n) is 3.95. The molecule has 0 fully saturated rings. The first-order valence-corrected chi connectivity index (χ1v) is 14.8. The molecule has 40 heavy (non-hydrogen) atoms. The lowest BCUT2D eigenvalue weighted by atomic mass is 10.1. The summed E-state index contributed by atoms with van der Waals surface area (Å²) < 4.78 is 48.1. The number of halogens is 2. The number of carbonyl (C=O) groups excluding carboxylic acids is 2. The van der Waals surface area contributed by atoms with Crippen molar-refractivity contribution in [3.05, 3.63) is 88.1 Å². The van der Waals surface area contributed by atoms with E-state index in [1.807, 2.05) is 6.92 Å². The minimum absolute atomic E-state index is 0.0261. The smallest absolute Gasteiger partial charge is 0.264 e. The van der Waals surface area contributed by atoms with Crippen LogP contribution >= 0.6 is 15.9 Å². The van der Waals surface area contributed by atoms with Gasteiger partial charge in [0.05, 0.1) is 22.2 Å². The highest BCUT2D eigenvalue weighted by Gasteiger charge is 2.33. The molecule has 1 atom stereocenters. The van der Waals surface area contributed by atoms with Crippen LogP contribution in [0.3, 0.4) is 0 Å². The zero-order valence-electron chi connectivity index (χ0n) is 23.0. The lowest BCUT2D eigenvalue weighted by Crippen LogP contribution is -2.52. The van der Waals surface area contributed by atoms with Gasteiger partial charge in [-0.15, -0.1) is 0 Å². The van der Waals surface area contributed by atoms with Gasteiger partial charge in [-0.05, 0) is 91.7 Å². The van der Waals surface area contributed by atoms with Crippen molar-refractivity contribution < 1.29 is 27.1 Å². The molecule has 0 aliphatic rings. The summed E-state index contributed by atoms with van der Waals surface area (Å²) in [7, 11) is -2.77. The molecule has 2 amide bonds. The Hall–Kier alpha value is -3.44. The second kappa shape index (κ2) is 13.3. The minimum Gasteiger partial charge on any atom is -0.496 e. The van der Waals surface area contributed by atoms with Gasteiger partial charge in [-0.1, -0.05) is 29.8 Å². The van der Waals surface area contributed by atoms with Crippen molar-refractivity contribution >= 4 is 43.5 Å². The molecule has 1 N–H and O–H groups in total. The average molecular weight is 635 g/mol. The van der Waals surface area contributed by atoms with Crippen LogP contribution < -0.4 is 14.4 Å². The molecule has 0 aliphatic carbocycles. The van der Waals surface area contributed by atoms with Crippen molar-refractivity contribution in [3.8, 4) is 5.75 Å². The molecule has 1 unspecified atom stereocenters. The summed E-state index contributed by atoms with van der Waals surface area (Å²) in [5.74, 6) is -0.983. The fraction of sp³-hybridized carbons (Fsp3) is 0.310. The Balaban J connectivity index is 2.04. The van der Waals surface area contributed by atoms with E-state index in [0.717, 1.165) is 9.87 Å². The van der Waals surface area contributed by atoms with E-state index in [1.54, 1.807) is 45.0 Å². The van der Waals surface area contributed by atoms with Crippen LogP contribution in [0.5, 0.6) is 5.75 Å². The topological polar surface area (TPSA) is 96.0 Å². The number of carbonyl (C=O) groups is 2. The summed E-state index contributed by atoms with van der Waals surface area (Å²) in [6.07, 6.45) is 0. The zero-order chi connectivity index (χ0) is 29.6. The lowest BCUT2D eigenvalue weighted by molar-refractivity contribution is -0.139. The number of benzene rings is 3. The number of hydrogen-bond donors (Lipinski definition) is 1. The molecule has 0 radical (unpaired) electrons. The molecule has 0 heterocycles. The molecule has 3 aromatic carbocycles. The molecule has 8 nitrogen and oxygen atoms in total. The summed E-state index contributed by atoms with van der Waals surface area (Å²) in [6, 6.07) is 15.5. The maximum atomic E-state index is 13.9. The van der Waals surface area contributed by atoms with Gasteiger partial charge < -0.3 is 15.0 Å². The van der Waals surface area contributed by atoms with E-state index in [4.69, 9.17) is 4.74 Å². The minimum atomic E-state index is -4.24. The first-order valence-electron chi connectivity index (χ1n) is 12.6. The normalized spacial score (nSPS) is 12.1. The maximum Gasteiger partial charge on any atom is 0.264 e. The molecule has 3 rings (SSSR count). The molecule has 3 aromatic rings. The summed E-state index contributed by atoms with van der Waals surface area (Å²) in [5, 5.41) is 2.80. The van der Waals surface area contributed by atoms with Gasteiger partial charge in [0.15, 0.2) is 0 Å². The number of anilines is 1. The number of nitrogens with zero attached hydrogens (tertiary/aromatic N) is 2. The number of methoxy groups -OCH3 is 1. The monoisotopic (exact) mass is 633 g/mol. The van der Waals surface area contributed by atoms with Gasteiger partial charge in [-0.3, -0.25) is 13.9 Å². The molecule has 0 spiro atoms. The van der Waals surface area contributed by atoms with Gasteiger partial charge in [0, 0.05) is 12.6 Å². The number of nitrogens with one attached hydrogen (secondary N) is 1. The van der Waals surface area contributed by atoms with E-state index in [9.17, 15) is 22.4 Å². The molecule has 0 saturated heterocycles. The highest BCUT2D eigenvalue weighted by molar-refractivity contribution is 9.10. The quantitative estimate of drug-likeness (QED) is 0.319. The van der Waals surface area contributed by atoms with Crippen molar-refractivity contribution in [2.75, 3.05) is 18.0 Å². The Labute approximate surface area is 243 Å². The second-order valence-electron chi connectivity index (χ2n) is 9.63. The number of rotatable bonds is 11. The number of ether oxygens (including phenoxy) is 1. The van der Waals surface area contributed by atoms with Gasteiger partial charge in [-0.2, -0.15) is 0 Å². The standard InChI is InChI=1S/C29H33BrFN3O5S/c1-19(2)32-29(36)21(4)33(17-22-8-10-23(31)11-9-22)28(35)18-34(24-12-6-20(3)7-13-24)40(37,38)25-14-15-27(39-5)26(30)16-25/h6-16,19,21H,17-18H2,1-5H3,(H,32,36). The van der Waals surface area contributed by atoms with Crippen LogP contribution in [0, 0.1) is 12.7 Å². The van der Waals surface area contributed by atoms with Crippen LogP contribution in [0.15, 0.2) is 76.1 Å². The predicted molar refractivity (Wildman–Crippen MR) is 156 cm³/mol. The van der Waals surface area contributed by atoms with E-state index in [2.05, 4.69) is 21.2 Å². The van der Waals surface area contributed by atoms with Crippen molar-refractivity contribution in [1.29, 1.82) is 0 Å². The van der Waals surface area contributed by atoms with E-state index in [1.165, 1.54) is 54.5 Å². The van der Waals surface area contributed by atoms with Crippen molar-refractivity contribution in [2.45, 2.75) is 51.2 Å². The largest absolute Gasteiger partial charge is 0.496 e. The lowest BCUT2D eigenvalue weighted by Gasteiger charge is -2.32. The van der Waals surface area contributed by atoms with Crippen LogP contribution in [-0.4, -0.2) is 50.9 Å². The van der Waals surface area contributed by atoms with Gasteiger partial charge in [-0.25, -0.2) is 12.8 Å². The van der Waals surface area contributed by atoms with Gasteiger partial charge in [0.1, 0.15) is 24.2 Å². The third-order valence-electron chi connectivity index (χ3n) is 6.18. The van der Waals surface area contributed by atoms with Crippen LogP contribution in [0.2, 0.25) is 0 Å². The molecule has 11 heteroatoms. The number of sulfonamides is 1. The van der Waals surface area contributed by atoms with Crippen LogP contribution in [0.1, 0.15) is 31.9 Å². The molecule has 0 aliphatic heterocycles. The van der Waals surface area contributed by atoms with Crippen LogP contribution in [0.25, 0.3) is 0 Å². The van der Waals surface area contributed by atoms with Gasteiger partial charge in [0.25, 0.3) is 10.0 Å². The highest BCUT2D eigenvalue weighted by Crippen LogP contribution is 2.31. The van der Waals surface area contributed by atoms with Crippen LogP contribution in [0.4, 0.5) is 10.1 Å². The molecule has 0 bridgehead atoms. The summed E-state index contributed by atoms with van der Waals surface area (Å²) in [5.41, 5.74) is 1.78. The van der Waals surface area contributed by atoms with E-state index in [-0.39, 0.29) is 23.2 Å². The molecule has 0 saturated carbocycles. The summed E-state index contributed by atoms with van der Waals surface area (Å²) >= 11 is 3.33. The van der Waals surface area contributed by atoms with E-state index < -0.39 is 40.2 Å². The Bertz CT molecular complexity index is 1450. The molecular formula is C29H33BrFN3O5S. The van der Waals surface area contributed by atoms with Gasteiger partial charge in [0.2, 0.25) is 11.8 Å². The first-order chi connectivity index (χ1) is 18.8. The Morgan fingerprint density at radius 2 is 1.62 bits per heavy atom. The number of hydrogen-bond acceptors (Lipinski definition) is 5. The molecular weight excluding hydrogens is 601 g/mol. The fourth-order valence-corrected chi connectivity index (χ4v) is 6.08. The number of aryl methyl sites for hydroxylation is 1. The van der Waals surface area contributed by atoms with Crippen molar-refractivity contribution in [1.82, 2.24) is 10.2 Å². The maximum absolute atomic E-state index is 13.9. The zero-order valence-corrected chi connectivity index (χ0v) is 25.4. The molecule has 214 valence electrons. The number of amides is 2. The third-order valence-corrected chi connectivity index (χ3v) is 8.57. The van der Waals surface area contributed by atoms with E-state index >= 15 is 0 Å². The third kappa shape index (κ3) is 7.60. The second-order valence-corrected chi connectivity index (χ2v) is 12.3. The van der Waals surface area contributed by atoms with Gasteiger partial charge >= 0.3 is 0 Å². The first kappa shape index (κ1) is 31.1. The predicted octanol–water partition coefficient (Wildman–Crippen LogP) is 5.04. The van der Waals surface area contributed by atoms with Crippen molar-refractivity contribution in [2.24, 2.45) is 0 Å². The Morgan fingerprint density at radius 3 is 2.17 bits per heavy atom. The Morgan fingerprint density at radius 1 is 1.00 bits per heavy atom. The average Bonchev–Trinajstić information content (AvgIpc) is 2.91. The Kier molecular flexibility index (Phi) is 10.3. The SMILES string of the molecule is COc1ccc(S(=O)(=O)N(CC(=O)N(Cc2ccc(F)cc2)C(C)C(=O)NC(C)C)c2ccc(C)cc2)cc1Br. The molecule has 0 aromatic heterocycles. The van der Waals surface area contributed by atoms with Crippen molar-refractivity contribution in [3.63, 3.8) is 0 Å². The highest BCUT2D eigenvalue weighted by atomic mass is 79.9. The van der Waals surface area contributed by atoms with Crippen LogP contribution in [-0.2, 0) is 26.2 Å².